The number of nitrogens with one attached hydrogen (secondary N) is 1. The van der Waals surface area contributed by atoms with Crippen LogP contribution in [0.4, 0.5) is 11.4 Å². The van der Waals surface area contributed by atoms with E-state index in [2.05, 4.69) is 5.32 Å². The summed E-state index contributed by atoms with van der Waals surface area (Å²) in [6, 6.07) is 15.7. The van der Waals surface area contributed by atoms with Crippen molar-refractivity contribution in [2.24, 2.45) is 0 Å². The molecule has 0 spiro atoms. The summed E-state index contributed by atoms with van der Waals surface area (Å²) in [6.45, 7) is 4.41. The maximum absolute atomic E-state index is 12.1. The number of anilines is 2. The molecule has 0 saturated heterocycles. The molecule has 2 rings (SSSR count). The zero-order valence-corrected chi connectivity index (χ0v) is 16.0. The van der Waals surface area contributed by atoms with Gasteiger partial charge in [-0.25, -0.2) is 0 Å². The topological polar surface area (TPSA) is 52.7 Å². The van der Waals surface area contributed by atoms with Crippen molar-refractivity contribution in [1.82, 2.24) is 5.32 Å². The normalized spacial score (nSPS) is 10.3. The van der Waals surface area contributed by atoms with Crippen molar-refractivity contribution in [3.8, 4) is 0 Å². The Morgan fingerprint density at radius 2 is 1.50 bits per heavy atom. The fraction of sp³-hybridized carbons (Fsp3) is 0.333. The molecular weight excluding hydrogens is 326 g/mol. The van der Waals surface area contributed by atoms with Gasteiger partial charge in [-0.2, -0.15) is 0 Å². The van der Waals surface area contributed by atoms with E-state index in [0.29, 0.717) is 19.5 Å². The molecule has 2 aromatic rings. The molecule has 26 heavy (non-hydrogen) atoms. The number of hydrogen-bond donors (Lipinski definition) is 1. The van der Waals surface area contributed by atoms with Gasteiger partial charge in [-0.15, -0.1) is 0 Å². The second kappa shape index (κ2) is 9.04. The number of aryl methyl sites for hydroxylation is 1. The summed E-state index contributed by atoms with van der Waals surface area (Å²) in [7, 11) is 3.95. The van der Waals surface area contributed by atoms with Crippen LogP contribution in [0.5, 0.6) is 0 Å². The summed E-state index contributed by atoms with van der Waals surface area (Å²) >= 11 is 0. The number of hydrogen-bond acceptors (Lipinski definition) is 3. The van der Waals surface area contributed by atoms with Crippen LogP contribution in [-0.2, 0) is 16.0 Å². The monoisotopic (exact) mass is 353 g/mol. The van der Waals surface area contributed by atoms with Gasteiger partial charge >= 0.3 is 0 Å². The highest BCUT2D eigenvalue weighted by Gasteiger charge is 2.12. The van der Waals surface area contributed by atoms with Crippen LogP contribution in [0.3, 0.4) is 0 Å². The largest absolute Gasteiger partial charge is 0.378 e. The maximum atomic E-state index is 12.1. The molecule has 0 heterocycles. The molecule has 2 aromatic carbocycles. The first-order valence-corrected chi connectivity index (χ1v) is 8.74. The second-order valence-corrected chi connectivity index (χ2v) is 6.59. The van der Waals surface area contributed by atoms with Crippen molar-refractivity contribution < 1.29 is 9.59 Å². The fourth-order valence-corrected chi connectivity index (χ4v) is 2.66. The van der Waals surface area contributed by atoms with Gasteiger partial charge < -0.3 is 15.1 Å². The highest BCUT2D eigenvalue weighted by Crippen LogP contribution is 2.19. The minimum atomic E-state index is -0.0459. The van der Waals surface area contributed by atoms with Crippen molar-refractivity contribution in [1.29, 1.82) is 0 Å². The number of benzene rings is 2. The summed E-state index contributed by atoms with van der Waals surface area (Å²) in [5.41, 5.74) is 4.06. The molecule has 0 aliphatic heterocycles. The predicted octanol–water partition coefficient (Wildman–Crippen LogP) is 2.77. The molecule has 138 valence electrons. The molecular formula is C21H27N3O2. The van der Waals surface area contributed by atoms with E-state index in [-0.39, 0.29) is 11.8 Å². The summed E-state index contributed by atoms with van der Waals surface area (Å²) in [4.78, 5) is 27.7. The first-order valence-electron chi connectivity index (χ1n) is 8.74. The van der Waals surface area contributed by atoms with Crippen LogP contribution in [0, 0.1) is 6.92 Å². The van der Waals surface area contributed by atoms with Gasteiger partial charge in [0.15, 0.2) is 0 Å². The fourth-order valence-electron chi connectivity index (χ4n) is 2.66. The van der Waals surface area contributed by atoms with Gasteiger partial charge in [-0.1, -0.05) is 29.8 Å². The second-order valence-electron chi connectivity index (χ2n) is 6.59. The molecule has 0 radical (unpaired) electrons. The highest BCUT2D eigenvalue weighted by atomic mass is 16.2. The average molecular weight is 353 g/mol. The number of nitrogens with zero attached hydrogens (tertiary/aromatic N) is 2. The third-order valence-corrected chi connectivity index (χ3v) is 4.20. The average Bonchev–Trinajstić information content (AvgIpc) is 2.60. The molecule has 0 aromatic heterocycles. The van der Waals surface area contributed by atoms with Crippen molar-refractivity contribution in [3.63, 3.8) is 0 Å². The lowest BCUT2D eigenvalue weighted by Gasteiger charge is -2.22. The lowest BCUT2D eigenvalue weighted by molar-refractivity contribution is -0.121. The van der Waals surface area contributed by atoms with Gasteiger partial charge in [-0.05, 0) is 36.8 Å². The van der Waals surface area contributed by atoms with E-state index in [1.807, 2.05) is 74.4 Å². The Kier molecular flexibility index (Phi) is 6.78. The van der Waals surface area contributed by atoms with E-state index in [1.165, 1.54) is 12.5 Å². The van der Waals surface area contributed by atoms with E-state index in [1.54, 1.807) is 4.90 Å². The summed E-state index contributed by atoms with van der Waals surface area (Å²) in [5, 5.41) is 2.89. The van der Waals surface area contributed by atoms with Crippen molar-refractivity contribution in [2.75, 3.05) is 37.0 Å². The van der Waals surface area contributed by atoms with Crippen LogP contribution >= 0.6 is 0 Å². The number of rotatable bonds is 7. The highest BCUT2D eigenvalue weighted by molar-refractivity contribution is 5.91. The smallest absolute Gasteiger partial charge is 0.224 e. The summed E-state index contributed by atoms with van der Waals surface area (Å²) in [6.07, 6.45) is 0.345. The lowest BCUT2D eigenvalue weighted by Crippen LogP contribution is -2.38. The Morgan fingerprint density at radius 3 is 2.04 bits per heavy atom. The van der Waals surface area contributed by atoms with Crippen molar-refractivity contribution in [2.45, 2.75) is 20.3 Å². The quantitative estimate of drug-likeness (QED) is 0.833. The molecule has 0 bridgehead atoms. The third-order valence-electron chi connectivity index (χ3n) is 4.20. The van der Waals surface area contributed by atoms with Crippen LogP contribution in [0.15, 0.2) is 48.5 Å². The van der Waals surface area contributed by atoms with Crippen LogP contribution in [0.1, 0.15) is 18.1 Å². The van der Waals surface area contributed by atoms with E-state index in [9.17, 15) is 9.59 Å². The molecule has 5 nitrogen and oxygen atoms in total. The Bertz CT molecular complexity index is 737. The first kappa shape index (κ1) is 19.5. The molecule has 2 amide bonds. The van der Waals surface area contributed by atoms with Crippen LogP contribution in [0.25, 0.3) is 0 Å². The minimum Gasteiger partial charge on any atom is -0.378 e. The third kappa shape index (κ3) is 5.62. The van der Waals surface area contributed by atoms with Gasteiger partial charge in [-0.3, -0.25) is 9.59 Å². The standard InChI is InChI=1S/C21H27N3O2/c1-16-5-7-18(8-6-16)15-21(26)22-13-14-24(17(2)25)20-11-9-19(10-12-20)23(3)4/h5-12H,13-15H2,1-4H3,(H,22,26). The molecule has 0 saturated carbocycles. The maximum Gasteiger partial charge on any atom is 0.224 e. The molecule has 1 N–H and O–H groups in total. The van der Waals surface area contributed by atoms with Gasteiger partial charge in [0.05, 0.1) is 6.42 Å². The van der Waals surface area contributed by atoms with E-state index in [4.69, 9.17) is 0 Å². The van der Waals surface area contributed by atoms with Gasteiger partial charge in [0.1, 0.15) is 0 Å². The Balaban J connectivity index is 1.89. The molecule has 5 heteroatoms. The van der Waals surface area contributed by atoms with Gasteiger partial charge in [0.2, 0.25) is 11.8 Å². The number of carbonyl (C=O) groups is 2. The molecule has 0 unspecified atom stereocenters. The van der Waals surface area contributed by atoms with Gasteiger partial charge in [0, 0.05) is 45.5 Å². The summed E-state index contributed by atoms with van der Waals surface area (Å²) in [5.74, 6) is -0.0873. The van der Waals surface area contributed by atoms with E-state index in [0.717, 1.165) is 16.9 Å². The lowest BCUT2D eigenvalue weighted by atomic mass is 10.1. The zero-order valence-electron chi connectivity index (χ0n) is 16.0. The number of carbonyl (C=O) groups excluding carboxylic acids is 2. The van der Waals surface area contributed by atoms with Crippen molar-refractivity contribution in [3.05, 3.63) is 59.7 Å². The van der Waals surface area contributed by atoms with Crippen LogP contribution in [-0.4, -0.2) is 39.0 Å². The molecule has 0 aliphatic carbocycles. The van der Waals surface area contributed by atoms with E-state index >= 15 is 0 Å². The Hall–Kier alpha value is -2.82. The first-order chi connectivity index (χ1) is 12.4. The zero-order chi connectivity index (χ0) is 19.1. The Morgan fingerprint density at radius 1 is 0.923 bits per heavy atom. The summed E-state index contributed by atoms with van der Waals surface area (Å²) < 4.78 is 0. The molecule has 0 aliphatic rings. The predicted molar refractivity (Wildman–Crippen MR) is 107 cm³/mol. The minimum absolute atomic E-state index is 0.0414. The van der Waals surface area contributed by atoms with E-state index < -0.39 is 0 Å². The van der Waals surface area contributed by atoms with Crippen LogP contribution < -0.4 is 15.1 Å². The molecule has 0 atom stereocenters. The van der Waals surface area contributed by atoms with Gasteiger partial charge in [0.25, 0.3) is 0 Å². The SMILES string of the molecule is CC(=O)N(CCNC(=O)Cc1ccc(C)cc1)c1ccc(N(C)C)cc1. The van der Waals surface area contributed by atoms with Crippen molar-refractivity contribution >= 4 is 23.2 Å². The molecule has 0 fully saturated rings. The van der Waals surface area contributed by atoms with Crippen LogP contribution in [0.2, 0.25) is 0 Å². The Labute approximate surface area is 155 Å². The number of amides is 2.